The van der Waals surface area contributed by atoms with E-state index < -0.39 is 0 Å². The third-order valence-electron chi connectivity index (χ3n) is 3.89. The minimum absolute atomic E-state index is 0.0821. The van der Waals surface area contributed by atoms with Gasteiger partial charge in [-0.3, -0.25) is 4.79 Å². The van der Waals surface area contributed by atoms with Crippen molar-refractivity contribution in [3.63, 3.8) is 0 Å². The highest BCUT2D eigenvalue weighted by Crippen LogP contribution is 2.24. The molecular weight excluding hydrogens is 230 g/mol. The lowest BCUT2D eigenvalue weighted by Gasteiger charge is -2.34. The van der Waals surface area contributed by atoms with Gasteiger partial charge in [0.15, 0.2) is 0 Å². The molecule has 4 heteroatoms. The van der Waals surface area contributed by atoms with Gasteiger partial charge in [-0.2, -0.15) is 0 Å². The quantitative estimate of drug-likeness (QED) is 0.705. The van der Waals surface area contributed by atoms with Gasteiger partial charge in [-0.25, -0.2) is 0 Å². The zero-order valence-corrected chi connectivity index (χ0v) is 11.7. The Morgan fingerprint density at radius 3 is 2.67 bits per heavy atom. The molecule has 1 atom stereocenters. The molecule has 0 radical (unpaired) electrons. The summed E-state index contributed by atoms with van der Waals surface area (Å²) in [5.41, 5.74) is 0. The Labute approximate surface area is 110 Å². The maximum Gasteiger partial charge on any atom is 0.305 e. The van der Waals surface area contributed by atoms with Crippen LogP contribution in [0.25, 0.3) is 0 Å². The number of aliphatic hydroxyl groups is 1. The highest BCUT2D eigenvalue weighted by atomic mass is 16.5. The summed E-state index contributed by atoms with van der Waals surface area (Å²) in [7, 11) is 0. The summed E-state index contributed by atoms with van der Waals surface area (Å²) in [6.07, 6.45) is 3.75. The highest BCUT2D eigenvalue weighted by Gasteiger charge is 2.23. The molecule has 18 heavy (non-hydrogen) atoms. The molecule has 1 N–H and O–H groups in total. The van der Waals surface area contributed by atoms with Gasteiger partial charge < -0.3 is 14.7 Å². The molecule has 1 aliphatic rings. The van der Waals surface area contributed by atoms with Gasteiger partial charge in [-0.05, 0) is 57.7 Å². The number of esters is 1. The van der Waals surface area contributed by atoms with Crippen molar-refractivity contribution in [3.05, 3.63) is 0 Å². The molecule has 4 nitrogen and oxygen atoms in total. The maximum absolute atomic E-state index is 11.2. The highest BCUT2D eigenvalue weighted by molar-refractivity contribution is 5.69. The number of carbonyl (C=O) groups excluding carboxylic acids is 1. The van der Waals surface area contributed by atoms with Gasteiger partial charge in [-0.1, -0.05) is 6.92 Å². The number of aliphatic hydroxyl groups excluding tert-OH is 1. The van der Waals surface area contributed by atoms with Crippen LogP contribution >= 0.6 is 0 Å². The Kier molecular flexibility index (Phi) is 7.28. The van der Waals surface area contributed by atoms with Gasteiger partial charge in [0.05, 0.1) is 6.61 Å². The first-order valence-corrected chi connectivity index (χ1v) is 7.16. The van der Waals surface area contributed by atoms with Crippen LogP contribution in [0.15, 0.2) is 0 Å². The van der Waals surface area contributed by atoms with Gasteiger partial charge in [0, 0.05) is 13.0 Å². The SMILES string of the molecule is CCOC(=O)CCCN1CCC(C(C)CO)CC1. The molecule has 1 unspecified atom stereocenters. The Balaban J connectivity index is 2.10. The van der Waals surface area contributed by atoms with E-state index in [0.717, 1.165) is 26.1 Å². The van der Waals surface area contributed by atoms with Crippen molar-refractivity contribution in [2.45, 2.75) is 39.5 Å². The van der Waals surface area contributed by atoms with Crippen molar-refractivity contribution in [2.75, 3.05) is 32.8 Å². The van der Waals surface area contributed by atoms with Crippen molar-refractivity contribution in [1.82, 2.24) is 4.90 Å². The molecule has 1 heterocycles. The van der Waals surface area contributed by atoms with Crippen molar-refractivity contribution in [1.29, 1.82) is 0 Å². The number of rotatable bonds is 7. The Morgan fingerprint density at radius 1 is 1.44 bits per heavy atom. The summed E-state index contributed by atoms with van der Waals surface area (Å²) in [6.45, 7) is 7.91. The third kappa shape index (κ3) is 5.36. The molecule has 0 aliphatic carbocycles. The van der Waals surface area contributed by atoms with Gasteiger partial charge in [-0.15, -0.1) is 0 Å². The predicted octanol–water partition coefficient (Wildman–Crippen LogP) is 1.67. The second kappa shape index (κ2) is 8.48. The van der Waals surface area contributed by atoms with Gasteiger partial charge in [0.2, 0.25) is 0 Å². The van der Waals surface area contributed by atoms with Crippen LogP contribution in [0.1, 0.15) is 39.5 Å². The fraction of sp³-hybridized carbons (Fsp3) is 0.929. The van der Waals surface area contributed by atoms with Gasteiger partial charge in [0.1, 0.15) is 0 Å². The number of hydrogen-bond acceptors (Lipinski definition) is 4. The zero-order chi connectivity index (χ0) is 13.4. The second-order valence-electron chi connectivity index (χ2n) is 5.25. The molecular formula is C14H27NO3. The van der Waals surface area contributed by atoms with E-state index in [1.54, 1.807) is 0 Å². The summed E-state index contributed by atoms with van der Waals surface area (Å²) >= 11 is 0. The first kappa shape index (κ1) is 15.4. The van der Waals surface area contributed by atoms with E-state index >= 15 is 0 Å². The van der Waals surface area contributed by atoms with Crippen LogP contribution in [0.3, 0.4) is 0 Å². The van der Waals surface area contributed by atoms with E-state index in [9.17, 15) is 4.79 Å². The molecule has 0 aromatic heterocycles. The molecule has 0 amide bonds. The monoisotopic (exact) mass is 257 g/mol. The van der Waals surface area contributed by atoms with Crippen LogP contribution in [0.2, 0.25) is 0 Å². The van der Waals surface area contributed by atoms with E-state index in [2.05, 4.69) is 11.8 Å². The summed E-state index contributed by atoms with van der Waals surface area (Å²) in [6, 6.07) is 0. The molecule has 1 saturated heterocycles. The van der Waals surface area contributed by atoms with E-state index in [0.29, 0.717) is 31.5 Å². The fourth-order valence-electron chi connectivity index (χ4n) is 2.57. The van der Waals surface area contributed by atoms with E-state index in [-0.39, 0.29) is 5.97 Å². The fourth-order valence-corrected chi connectivity index (χ4v) is 2.57. The molecule has 0 spiro atoms. The lowest BCUT2D eigenvalue weighted by molar-refractivity contribution is -0.143. The second-order valence-corrected chi connectivity index (χ2v) is 5.25. The summed E-state index contributed by atoms with van der Waals surface area (Å²) in [5, 5.41) is 9.14. The normalized spacial score (nSPS) is 19.7. The lowest BCUT2D eigenvalue weighted by Crippen LogP contribution is -2.37. The molecule has 0 bridgehead atoms. The van der Waals surface area contributed by atoms with Gasteiger partial charge in [0.25, 0.3) is 0 Å². The summed E-state index contributed by atoms with van der Waals surface area (Å²) in [5.74, 6) is 1.00. The van der Waals surface area contributed by atoms with Crippen molar-refractivity contribution >= 4 is 5.97 Å². The minimum atomic E-state index is -0.0821. The molecule has 1 fully saturated rings. The van der Waals surface area contributed by atoms with Gasteiger partial charge >= 0.3 is 5.97 Å². The Morgan fingerprint density at radius 2 is 2.11 bits per heavy atom. The number of nitrogens with zero attached hydrogens (tertiary/aromatic N) is 1. The molecule has 106 valence electrons. The Bertz CT molecular complexity index is 237. The molecule has 0 saturated carbocycles. The Hall–Kier alpha value is -0.610. The topological polar surface area (TPSA) is 49.8 Å². The number of likely N-dealkylation sites (tertiary alicyclic amines) is 1. The molecule has 0 aromatic rings. The zero-order valence-electron chi connectivity index (χ0n) is 11.7. The van der Waals surface area contributed by atoms with E-state index in [4.69, 9.17) is 9.84 Å². The van der Waals surface area contributed by atoms with Crippen LogP contribution in [-0.4, -0.2) is 48.8 Å². The van der Waals surface area contributed by atoms with Crippen molar-refractivity contribution in [2.24, 2.45) is 11.8 Å². The standard InChI is InChI=1S/C14H27NO3/c1-3-18-14(17)5-4-8-15-9-6-13(7-10-15)12(2)11-16/h12-13,16H,3-11H2,1-2H3. The first-order valence-electron chi connectivity index (χ1n) is 7.16. The largest absolute Gasteiger partial charge is 0.466 e. The summed E-state index contributed by atoms with van der Waals surface area (Å²) < 4.78 is 4.91. The van der Waals surface area contributed by atoms with Crippen LogP contribution in [0, 0.1) is 11.8 Å². The predicted molar refractivity (Wildman–Crippen MR) is 71.3 cm³/mol. The summed E-state index contributed by atoms with van der Waals surface area (Å²) in [4.78, 5) is 13.6. The number of hydrogen-bond donors (Lipinski definition) is 1. The van der Waals surface area contributed by atoms with Crippen molar-refractivity contribution < 1.29 is 14.6 Å². The van der Waals surface area contributed by atoms with Crippen LogP contribution in [0.4, 0.5) is 0 Å². The molecule has 1 rings (SSSR count). The number of ether oxygens (including phenoxy) is 1. The molecule has 0 aromatic carbocycles. The minimum Gasteiger partial charge on any atom is -0.466 e. The van der Waals surface area contributed by atoms with Crippen LogP contribution in [-0.2, 0) is 9.53 Å². The number of carbonyl (C=O) groups is 1. The van der Waals surface area contributed by atoms with Crippen LogP contribution in [0.5, 0.6) is 0 Å². The van der Waals surface area contributed by atoms with Crippen molar-refractivity contribution in [3.8, 4) is 0 Å². The lowest BCUT2D eigenvalue weighted by atomic mass is 9.86. The number of piperidine rings is 1. The van der Waals surface area contributed by atoms with Crippen LogP contribution < -0.4 is 0 Å². The third-order valence-corrected chi connectivity index (χ3v) is 3.89. The molecule has 1 aliphatic heterocycles. The smallest absolute Gasteiger partial charge is 0.305 e. The average Bonchev–Trinajstić information content (AvgIpc) is 2.39. The first-order chi connectivity index (χ1) is 8.67. The van der Waals surface area contributed by atoms with E-state index in [1.165, 1.54) is 12.8 Å². The maximum atomic E-state index is 11.2. The van der Waals surface area contributed by atoms with E-state index in [1.807, 2.05) is 6.92 Å². The average molecular weight is 257 g/mol.